The summed E-state index contributed by atoms with van der Waals surface area (Å²) < 4.78 is 6.76. The Labute approximate surface area is 296 Å². The summed E-state index contributed by atoms with van der Waals surface area (Å²) in [6.07, 6.45) is 4.54. The van der Waals surface area contributed by atoms with E-state index >= 15 is 0 Å². The Kier molecular flexibility index (Phi) is 6.91. The second-order valence-corrected chi connectivity index (χ2v) is 13.2. The Morgan fingerprint density at radius 1 is 0.431 bits per heavy atom. The Morgan fingerprint density at radius 2 is 1.00 bits per heavy atom. The van der Waals surface area contributed by atoms with Gasteiger partial charge in [-0.2, -0.15) is 0 Å². The van der Waals surface area contributed by atoms with Crippen LogP contribution < -0.4 is 4.74 Å². The van der Waals surface area contributed by atoms with Gasteiger partial charge < -0.3 is 4.74 Å². The molecule has 1 aromatic heterocycles. The van der Waals surface area contributed by atoms with Gasteiger partial charge in [-0.3, -0.25) is 0 Å². The van der Waals surface area contributed by atoms with Crippen molar-refractivity contribution >= 4 is 27.1 Å². The lowest BCUT2D eigenvalue weighted by molar-refractivity contribution is 0.415. The number of hydrogen-bond donors (Lipinski definition) is 0. The van der Waals surface area contributed by atoms with Crippen molar-refractivity contribution in [1.29, 1.82) is 0 Å². The molecule has 2 heterocycles. The van der Waals surface area contributed by atoms with Gasteiger partial charge in [0.25, 0.3) is 0 Å². The molecule has 1 aliphatic heterocycles. The van der Waals surface area contributed by atoms with E-state index in [1.54, 1.807) is 0 Å². The first kappa shape index (κ1) is 29.3. The molecule has 0 bridgehead atoms. The van der Waals surface area contributed by atoms with Gasteiger partial charge >= 0.3 is 0 Å². The molecule has 10 rings (SSSR count). The molecule has 0 spiro atoms. The average Bonchev–Trinajstić information content (AvgIpc) is 3.57. The zero-order chi connectivity index (χ0) is 33.7. The van der Waals surface area contributed by atoms with Crippen LogP contribution >= 0.6 is 0 Å². The fourth-order valence-electron chi connectivity index (χ4n) is 7.52. The van der Waals surface area contributed by atoms with Crippen molar-refractivity contribution in [3.63, 3.8) is 0 Å². The summed E-state index contributed by atoms with van der Waals surface area (Å²) >= 11 is 0. The molecule has 0 N–H and O–H groups in total. The largest absolute Gasteiger partial charge is 0.461 e. The molecule has 4 nitrogen and oxygen atoms in total. The summed E-state index contributed by atoms with van der Waals surface area (Å²) in [5.74, 6) is 3.51. The number of nitrogens with zero attached hydrogens (tertiary/aromatic N) is 3. The van der Waals surface area contributed by atoms with Crippen molar-refractivity contribution in [2.75, 3.05) is 0 Å². The van der Waals surface area contributed by atoms with E-state index in [1.807, 2.05) is 36.4 Å². The third-order valence-electron chi connectivity index (χ3n) is 10.1. The van der Waals surface area contributed by atoms with Gasteiger partial charge in [0.05, 0.1) is 11.8 Å². The normalized spacial score (nSPS) is 16.2. The average molecular weight is 654 g/mol. The van der Waals surface area contributed by atoms with E-state index in [4.69, 9.17) is 19.7 Å². The molecule has 240 valence electrons. The lowest BCUT2D eigenvalue weighted by Gasteiger charge is -2.26. The van der Waals surface area contributed by atoms with Gasteiger partial charge in [0.1, 0.15) is 17.3 Å². The van der Waals surface area contributed by atoms with E-state index in [0.29, 0.717) is 17.5 Å². The number of fused-ring (bicyclic) bond motifs is 5. The molecule has 8 aromatic rings. The topological polar surface area (TPSA) is 47.9 Å². The minimum Gasteiger partial charge on any atom is -0.461 e. The molecule has 2 aliphatic rings. The molecule has 0 fully saturated rings. The summed E-state index contributed by atoms with van der Waals surface area (Å²) in [6, 6.07) is 57.2. The van der Waals surface area contributed by atoms with Crippen molar-refractivity contribution in [1.82, 2.24) is 15.0 Å². The zero-order valence-corrected chi connectivity index (χ0v) is 27.6. The molecule has 1 aliphatic carbocycles. The predicted molar refractivity (Wildman–Crippen MR) is 206 cm³/mol. The molecule has 0 saturated heterocycles. The minimum atomic E-state index is -0.209. The van der Waals surface area contributed by atoms with Gasteiger partial charge in [-0.1, -0.05) is 146 Å². The van der Waals surface area contributed by atoms with Gasteiger partial charge in [0.15, 0.2) is 11.6 Å². The van der Waals surface area contributed by atoms with Crippen LogP contribution in [0.2, 0.25) is 0 Å². The van der Waals surface area contributed by atoms with E-state index in [0.717, 1.165) is 50.3 Å². The fraction of sp³-hybridized carbons (Fsp3) is 0.0426. The first-order valence-electron chi connectivity index (χ1n) is 17.3. The molecule has 7 aromatic carbocycles. The molecule has 0 radical (unpaired) electrons. The third kappa shape index (κ3) is 5.29. The number of rotatable bonds is 5. The SMILES string of the molecule is C1=C(c2cccc(-c3ccc4ccccc4c3)c2)C=C2Oc3cc4ccccc4cc3C2C1c1nc(-c2ccccc2)nc(-c2ccccc2)n1. The van der Waals surface area contributed by atoms with Crippen LogP contribution in [0, 0.1) is 0 Å². The Bertz CT molecular complexity index is 2620. The summed E-state index contributed by atoms with van der Waals surface area (Å²) in [7, 11) is 0. The maximum atomic E-state index is 6.76. The lowest BCUT2D eigenvalue weighted by Crippen LogP contribution is -2.18. The summed E-state index contributed by atoms with van der Waals surface area (Å²) in [6.45, 7) is 0. The maximum Gasteiger partial charge on any atom is 0.163 e. The second kappa shape index (κ2) is 12.0. The zero-order valence-electron chi connectivity index (χ0n) is 27.6. The van der Waals surface area contributed by atoms with E-state index in [2.05, 4.69) is 140 Å². The van der Waals surface area contributed by atoms with Gasteiger partial charge in [-0.05, 0) is 74.1 Å². The molecule has 51 heavy (non-hydrogen) atoms. The molecule has 2 atom stereocenters. The first-order valence-corrected chi connectivity index (χ1v) is 17.3. The van der Waals surface area contributed by atoms with E-state index < -0.39 is 0 Å². The van der Waals surface area contributed by atoms with Crippen LogP contribution in [0.4, 0.5) is 0 Å². The number of hydrogen-bond acceptors (Lipinski definition) is 4. The second-order valence-electron chi connectivity index (χ2n) is 13.2. The van der Waals surface area contributed by atoms with E-state index in [-0.39, 0.29) is 11.8 Å². The van der Waals surface area contributed by atoms with Crippen molar-refractivity contribution in [3.05, 3.63) is 199 Å². The monoisotopic (exact) mass is 653 g/mol. The Hall–Kier alpha value is -6.65. The predicted octanol–water partition coefficient (Wildman–Crippen LogP) is 11.4. The van der Waals surface area contributed by atoms with Gasteiger partial charge in [0, 0.05) is 16.7 Å². The molecule has 2 unspecified atom stereocenters. The minimum absolute atomic E-state index is 0.0910. The van der Waals surface area contributed by atoms with Crippen LogP contribution in [0.15, 0.2) is 182 Å². The van der Waals surface area contributed by atoms with Gasteiger partial charge in [0.2, 0.25) is 0 Å². The Morgan fingerprint density at radius 3 is 1.71 bits per heavy atom. The van der Waals surface area contributed by atoms with Crippen LogP contribution in [0.25, 0.3) is 61.0 Å². The molecule has 0 amide bonds. The standard InChI is InChI=1S/C47H31N3O/c1-3-13-31(14-4-1)45-48-46(32-15-5-2-6-16-32)50-47(49-45)41-27-39(29-43-44(41)40-26-36-18-9-10-19-37(36)28-42(40)51-43)35-21-11-20-34(25-35)38-23-22-30-12-7-8-17-33(30)24-38/h1-29,41,44H. The van der Waals surface area contributed by atoms with Crippen molar-refractivity contribution < 1.29 is 4.74 Å². The summed E-state index contributed by atoms with van der Waals surface area (Å²) in [5, 5.41) is 4.80. The summed E-state index contributed by atoms with van der Waals surface area (Å²) in [5.41, 5.74) is 7.58. The van der Waals surface area contributed by atoms with E-state index in [9.17, 15) is 0 Å². The van der Waals surface area contributed by atoms with E-state index in [1.165, 1.54) is 21.7 Å². The lowest BCUT2D eigenvalue weighted by atomic mass is 9.78. The Balaban J connectivity index is 1.15. The molecular formula is C47H31N3O. The highest BCUT2D eigenvalue weighted by molar-refractivity contribution is 5.89. The highest BCUT2D eigenvalue weighted by Crippen LogP contribution is 2.53. The van der Waals surface area contributed by atoms with Crippen molar-refractivity contribution in [2.24, 2.45) is 0 Å². The highest BCUT2D eigenvalue weighted by Gasteiger charge is 2.40. The fourth-order valence-corrected chi connectivity index (χ4v) is 7.52. The van der Waals surface area contributed by atoms with Crippen LogP contribution in [0.3, 0.4) is 0 Å². The number of aromatic nitrogens is 3. The van der Waals surface area contributed by atoms with Gasteiger partial charge in [-0.15, -0.1) is 0 Å². The molecule has 0 saturated carbocycles. The molecule has 4 heteroatoms. The van der Waals surface area contributed by atoms with Crippen molar-refractivity contribution in [3.8, 4) is 39.7 Å². The highest BCUT2D eigenvalue weighted by atomic mass is 16.5. The number of ether oxygens (including phenoxy) is 1. The first-order chi connectivity index (χ1) is 25.2. The number of benzene rings is 7. The van der Waals surface area contributed by atoms with Crippen molar-refractivity contribution in [2.45, 2.75) is 11.8 Å². The molecular weight excluding hydrogens is 623 g/mol. The van der Waals surface area contributed by atoms with Crippen LogP contribution in [0.5, 0.6) is 5.75 Å². The maximum absolute atomic E-state index is 6.76. The van der Waals surface area contributed by atoms with Gasteiger partial charge in [-0.25, -0.2) is 15.0 Å². The smallest absolute Gasteiger partial charge is 0.163 e. The van der Waals surface area contributed by atoms with Crippen LogP contribution in [-0.2, 0) is 0 Å². The number of allylic oxidation sites excluding steroid dienone is 4. The quantitative estimate of drug-likeness (QED) is 0.185. The summed E-state index contributed by atoms with van der Waals surface area (Å²) in [4.78, 5) is 15.4. The third-order valence-corrected chi connectivity index (χ3v) is 10.1. The van der Waals surface area contributed by atoms with Crippen LogP contribution in [0.1, 0.15) is 28.8 Å². The van der Waals surface area contributed by atoms with Crippen LogP contribution in [-0.4, -0.2) is 15.0 Å².